The summed E-state index contributed by atoms with van der Waals surface area (Å²) >= 11 is 0. The Morgan fingerprint density at radius 3 is 1.88 bits per heavy atom. The summed E-state index contributed by atoms with van der Waals surface area (Å²) in [6.45, 7) is 10.8. The smallest absolute Gasteiger partial charge is 0.223 e. The van der Waals surface area contributed by atoms with Gasteiger partial charge >= 0.3 is 0 Å². The standard InChI is InChI=1S/C15H31NO/c1-6-9-10-11-12-15(17)16(13(4)7-2)14(5)8-3/h13-14H,6-12H2,1-5H3/t13-,14+. The van der Waals surface area contributed by atoms with E-state index in [1.165, 1.54) is 19.3 Å². The molecule has 0 aromatic rings. The molecule has 0 rings (SSSR count). The topological polar surface area (TPSA) is 20.3 Å². The highest BCUT2D eigenvalue weighted by Crippen LogP contribution is 2.15. The van der Waals surface area contributed by atoms with Crippen LogP contribution in [-0.2, 0) is 4.79 Å². The van der Waals surface area contributed by atoms with Crippen LogP contribution in [0.3, 0.4) is 0 Å². The van der Waals surface area contributed by atoms with E-state index in [9.17, 15) is 4.79 Å². The van der Waals surface area contributed by atoms with E-state index in [1.807, 2.05) is 0 Å². The van der Waals surface area contributed by atoms with Crippen molar-refractivity contribution < 1.29 is 4.79 Å². The molecule has 0 spiro atoms. The molecule has 2 nitrogen and oxygen atoms in total. The van der Waals surface area contributed by atoms with E-state index < -0.39 is 0 Å². The summed E-state index contributed by atoms with van der Waals surface area (Å²) in [5.74, 6) is 0.352. The van der Waals surface area contributed by atoms with E-state index in [-0.39, 0.29) is 0 Å². The molecular formula is C15H31NO. The van der Waals surface area contributed by atoms with E-state index in [4.69, 9.17) is 0 Å². The first-order valence-electron chi connectivity index (χ1n) is 7.39. The van der Waals surface area contributed by atoms with Crippen molar-refractivity contribution >= 4 is 5.91 Å². The van der Waals surface area contributed by atoms with Gasteiger partial charge in [0.05, 0.1) is 0 Å². The fraction of sp³-hybridized carbons (Fsp3) is 0.933. The molecule has 102 valence electrons. The zero-order valence-electron chi connectivity index (χ0n) is 12.5. The first kappa shape index (κ1) is 16.5. The number of rotatable bonds is 9. The second kappa shape index (κ2) is 9.49. The normalized spacial score (nSPS) is 14.4. The summed E-state index contributed by atoms with van der Waals surface area (Å²) in [6.07, 6.45) is 7.55. The minimum atomic E-state index is 0.352. The molecule has 0 aliphatic carbocycles. The Hall–Kier alpha value is -0.530. The fourth-order valence-corrected chi connectivity index (χ4v) is 2.15. The van der Waals surface area contributed by atoms with Crippen molar-refractivity contribution in [3.63, 3.8) is 0 Å². The van der Waals surface area contributed by atoms with Gasteiger partial charge < -0.3 is 4.90 Å². The van der Waals surface area contributed by atoms with E-state index in [2.05, 4.69) is 39.5 Å². The minimum absolute atomic E-state index is 0.352. The molecule has 0 fully saturated rings. The van der Waals surface area contributed by atoms with Crippen LogP contribution >= 0.6 is 0 Å². The molecule has 2 heteroatoms. The molecule has 0 heterocycles. The molecule has 0 bridgehead atoms. The van der Waals surface area contributed by atoms with Crippen molar-refractivity contribution in [2.24, 2.45) is 0 Å². The van der Waals surface area contributed by atoms with E-state index in [1.54, 1.807) is 0 Å². The van der Waals surface area contributed by atoms with Crippen molar-refractivity contribution in [1.82, 2.24) is 4.90 Å². The fourth-order valence-electron chi connectivity index (χ4n) is 2.15. The van der Waals surface area contributed by atoms with Gasteiger partial charge in [-0.1, -0.05) is 40.0 Å². The Labute approximate surface area is 108 Å². The molecule has 2 atom stereocenters. The van der Waals surface area contributed by atoms with Crippen LogP contribution in [0.1, 0.15) is 79.6 Å². The lowest BCUT2D eigenvalue weighted by Crippen LogP contribution is -2.44. The Morgan fingerprint density at radius 2 is 1.47 bits per heavy atom. The number of amides is 1. The van der Waals surface area contributed by atoms with Gasteiger partial charge in [0.2, 0.25) is 5.91 Å². The van der Waals surface area contributed by atoms with E-state index in [0.717, 1.165) is 25.7 Å². The SMILES string of the molecule is CCCCCCC(=O)N([C@H](C)CC)[C@@H](C)CC. The number of carbonyl (C=O) groups excluding carboxylic acids is 1. The summed E-state index contributed by atoms with van der Waals surface area (Å²) in [6, 6.07) is 0.757. The molecule has 0 aliphatic heterocycles. The van der Waals surface area contributed by atoms with Crippen LogP contribution in [0.25, 0.3) is 0 Å². The summed E-state index contributed by atoms with van der Waals surface area (Å²) in [5, 5.41) is 0. The highest BCUT2D eigenvalue weighted by molar-refractivity contribution is 5.76. The second-order valence-electron chi connectivity index (χ2n) is 5.13. The molecule has 0 aromatic heterocycles. The highest BCUT2D eigenvalue weighted by atomic mass is 16.2. The van der Waals surface area contributed by atoms with Crippen LogP contribution in [0.2, 0.25) is 0 Å². The molecule has 0 saturated carbocycles. The Morgan fingerprint density at radius 1 is 0.941 bits per heavy atom. The molecule has 0 unspecified atom stereocenters. The van der Waals surface area contributed by atoms with Gasteiger partial charge in [0.25, 0.3) is 0 Å². The molecular weight excluding hydrogens is 210 g/mol. The highest BCUT2D eigenvalue weighted by Gasteiger charge is 2.22. The first-order chi connectivity index (χ1) is 8.08. The Bertz CT molecular complexity index is 193. The van der Waals surface area contributed by atoms with Gasteiger partial charge in [-0.2, -0.15) is 0 Å². The molecule has 0 N–H and O–H groups in total. The van der Waals surface area contributed by atoms with Crippen LogP contribution in [0.5, 0.6) is 0 Å². The van der Waals surface area contributed by atoms with Crippen molar-refractivity contribution in [3.05, 3.63) is 0 Å². The minimum Gasteiger partial charge on any atom is -0.337 e. The third kappa shape index (κ3) is 6.09. The molecule has 0 saturated heterocycles. The van der Waals surface area contributed by atoms with Gasteiger partial charge in [-0.25, -0.2) is 0 Å². The Kier molecular flexibility index (Phi) is 9.20. The lowest BCUT2D eigenvalue weighted by Gasteiger charge is -2.34. The van der Waals surface area contributed by atoms with Gasteiger partial charge in [0.15, 0.2) is 0 Å². The summed E-state index contributed by atoms with van der Waals surface area (Å²) in [5.41, 5.74) is 0. The lowest BCUT2D eigenvalue weighted by atomic mass is 10.1. The number of nitrogens with zero attached hydrogens (tertiary/aromatic N) is 1. The van der Waals surface area contributed by atoms with Gasteiger partial charge in [-0.15, -0.1) is 0 Å². The maximum atomic E-state index is 12.2. The van der Waals surface area contributed by atoms with Crippen LogP contribution in [0.4, 0.5) is 0 Å². The van der Waals surface area contributed by atoms with Gasteiger partial charge in [-0.05, 0) is 33.1 Å². The van der Waals surface area contributed by atoms with Gasteiger partial charge in [0, 0.05) is 18.5 Å². The van der Waals surface area contributed by atoms with Crippen LogP contribution in [-0.4, -0.2) is 22.9 Å². The van der Waals surface area contributed by atoms with Crippen LogP contribution in [0.15, 0.2) is 0 Å². The molecule has 1 amide bonds. The quantitative estimate of drug-likeness (QED) is 0.548. The zero-order chi connectivity index (χ0) is 13.3. The van der Waals surface area contributed by atoms with E-state index in [0.29, 0.717) is 18.0 Å². The molecule has 0 aliphatic rings. The van der Waals surface area contributed by atoms with E-state index >= 15 is 0 Å². The van der Waals surface area contributed by atoms with Crippen molar-refractivity contribution in [3.8, 4) is 0 Å². The number of carbonyl (C=O) groups is 1. The van der Waals surface area contributed by atoms with Crippen molar-refractivity contribution in [1.29, 1.82) is 0 Å². The summed E-state index contributed by atoms with van der Waals surface area (Å²) < 4.78 is 0. The van der Waals surface area contributed by atoms with Crippen LogP contribution < -0.4 is 0 Å². The second-order valence-corrected chi connectivity index (χ2v) is 5.13. The molecule has 0 radical (unpaired) electrons. The van der Waals surface area contributed by atoms with Gasteiger partial charge in [-0.3, -0.25) is 4.79 Å². The number of unbranched alkanes of at least 4 members (excludes halogenated alkanes) is 3. The average molecular weight is 241 g/mol. The monoisotopic (exact) mass is 241 g/mol. The average Bonchev–Trinajstić information content (AvgIpc) is 2.34. The maximum absolute atomic E-state index is 12.2. The predicted octanol–water partition coefficient (Wildman–Crippen LogP) is 4.38. The van der Waals surface area contributed by atoms with Gasteiger partial charge in [0.1, 0.15) is 0 Å². The van der Waals surface area contributed by atoms with Crippen molar-refractivity contribution in [2.75, 3.05) is 0 Å². The molecule has 0 aromatic carbocycles. The largest absolute Gasteiger partial charge is 0.337 e. The maximum Gasteiger partial charge on any atom is 0.223 e. The third-order valence-electron chi connectivity index (χ3n) is 3.66. The van der Waals surface area contributed by atoms with Crippen molar-refractivity contribution in [2.45, 2.75) is 91.6 Å². The number of hydrogen-bond donors (Lipinski definition) is 0. The predicted molar refractivity (Wildman–Crippen MR) is 75.1 cm³/mol. The summed E-state index contributed by atoms with van der Waals surface area (Å²) in [4.78, 5) is 14.3. The Balaban J connectivity index is 4.23. The first-order valence-corrected chi connectivity index (χ1v) is 7.39. The molecule has 17 heavy (non-hydrogen) atoms. The number of hydrogen-bond acceptors (Lipinski definition) is 1. The lowest BCUT2D eigenvalue weighted by molar-refractivity contribution is -0.135. The third-order valence-corrected chi connectivity index (χ3v) is 3.66. The zero-order valence-corrected chi connectivity index (χ0v) is 12.5. The summed E-state index contributed by atoms with van der Waals surface area (Å²) in [7, 11) is 0. The van der Waals surface area contributed by atoms with Crippen LogP contribution in [0, 0.1) is 0 Å².